The fourth-order valence-corrected chi connectivity index (χ4v) is 3.45. The summed E-state index contributed by atoms with van der Waals surface area (Å²) in [5.41, 5.74) is 0.431. The fraction of sp³-hybridized carbons (Fsp3) is 0.500. The second-order valence-corrected chi connectivity index (χ2v) is 8.35. The van der Waals surface area contributed by atoms with E-state index in [2.05, 4.69) is 4.72 Å². The van der Waals surface area contributed by atoms with Crippen molar-refractivity contribution in [1.29, 1.82) is 0 Å². The maximum Gasteiger partial charge on any atom is 0.311 e. The Balaban J connectivity index is 2.27. The number of hydrogen-bond acceptors (Lipinski definition) is 4. The van der Waals surface area contributed by atoms with Gasteiger partial charge < -0.3 is 10.0 Å². The summed E-state index contributed by atoms with van der Waals surface area (Å²) in [7, 11) is -3.45. The molecule has 1 saturated heterocycles. The van der Waals surface area contributed by atoms with E-state index in [0.29, 0.717) is 36.2 Å². The molecule has 1 fully saturated rings. The Morgan fingerprint density at radius 1 is 1.33 bits per heavy atom. The number of anilines is 1. The van der Waals surface area contributed by atoms with Crippen LogP contribution in [0.1, 0.15) is 35.7 Å². The highest BCUT2D eigenvalue weighted by Gasteiger charge is 2.39. The van der Waals surface area contributed by atoms with Crippen LogP contribution < -0.4 is 4.72 Å². The van der Waals surface area contributed by atoms with Gasteiger partial charge in [0.15, 0.2) is 0 Å². The van der Waals surface area contributed by atoms with Crippen molar-refractivity contribution in [2.45, 2.75) is 26.7 Å². The minimum absolute atomic E-state index is 0.143. The van der Waals surface area contributed by atoms with Crippen molar-refractivity contribution in [3.63, 3.8) is 0 Å². The number of hydrogen-bond donors (Lipinski definition) is 2. The molecule has 1 aliphatic rings. The third-order valence-electron chi connectivity index (χ3n) is 4.28. The predicted molar refractivity (Wildman–Crippen MR) is 90.5 cm³/mol. The van der Waals surface area contributed by atoms with Crippen molar-refractivity contribution in [2.24, 2.45) is 5.41 Å². The number of sulfonamides is 1. The van der Waals surface area contributed by atoms with Crippen molar-refractivity contribution in [3.05, 3.63) is 29.3 Å². The van der Waals surface area contributed by atoms with Crippen LogP contribution in [0.5, 0.6) is 0 Å². The van der Waals surface area contributed by atoms with Gasteiger partial charge in [-0.3, -0.25) is 14.3 Å². The van der Waals surface area contributed by atoms with Gasteiger partial charge >= 0.3 is 5.97 Å². The van der Waals surface area contributed by atoms with E-state index in [-0.39, 0.29) is 12.5 Å². The lowest BCUT2D eigenvalue weighted by Crippen LogP contribution is -2.48. The molecular weight excluding hydrogens is 332 g/mol. The van der Waals surface area contributed by atoms with Crippen molar-refractivity contribution in [2.75, 3.05) is 24.1 Å². The Labute approximate surface area is 141 Å². The van der Waals surface area contributed by atoms with E-state index >= 15 is 0 Å². The fourth-order valence-electron chi connectivity index (χ4n) is 2.83. The Morgan fingerprint density at radius 2 is 2.00 bits per heavy atom. The first-order valence-corrected chi connectivity index (χ1v) is 9.52. The molecule has 1 heterocycles. The van der Waals surface area contributed by atoms with Gasteiger partial charge in [0.2, 0.25) is 10.0 Å². The van der Waals surface area contributed by atoms with E-state index in [1.807, 2.05) is 0 Å². The molecule has 1 amide bonds. The van der Waals surface area contributed by atoms with E-state index in [1.54, 1.807) is 26.0 Å². The van der Waals surface area contributed by atoms with Crippen molar-refractivity contribution < 1.29 is 23.1 Å². The number of rotatable bonds is 4. The largest absolute Gasteiger partial charge is 0.481 e. The number of likely N-dealkylation sites (tertiary alicyclic amines) is 1. The van der Waals surface area contributed by atoms with Gasteiger partial charge in [-0.15, -0.1) is 0 Å². The lowest BCUT2D eigenvalue weighted by Gasteiger charge is -2.37. The minimum atomic E-state index is -3.45. The molecule has 1 unspecified atom stereocenters. The maximum atomic E-state index is 12.7. The lowest BCUT2D eigenvalue weighted by atomic mass is 9.82. The summed E-state index contributed by atoms with van der Waals surface area (Å²) in [5, 5.41) is 9.36. The highest BCUT2D eigenvalue weighted by Crippen LogP contribution is 2.31. The second kappa shape index (κ2) is 6.43. The van der Waals surface area contributed by atoms with Crippen molar-refractivity contribution >= 4 is 27.6 Å². The highest BCUT2D eigenvalue weighted by molar-refractivity contribution is 7.92. The van der Waals surface area contributed by atoms with Crippen LogP contribution in [0.15, 0.2) is 18.2 Å². The molecule has 1 aliphatic heterocycles. The molecule has 8 heteroatoms. The number of carboxylic acids is 1. The summed E-state index contributed by atoms with van der Waals surface area (Å²) in [4.78, 5) is 25.6. The molecule has 0 saturated carbocycles. The average molecular weight is 354 g/mol. The van der Waals surface area contributed by atoms with Crippen molar-refractivity contribution in [3.8, 4) is 0 Å². The summed E-state index contributed by atoms with van der Waals surface area (Å²) < 4.78 is 25.2. The first-order valence-electron chi connectivity index (χ1n) is 7.63. The normalized spacial score (nSPS) is 21.4. The number of aryl methyl sites for hydroxylation is 1. The van der Waals surface area contributed by atoms with Crippen LogP contribution in [-0.4, -0.2) is 49.6 Å². The first kappa shape index (κ1) is 18.3. The number of benzene rings is 1. The number of carboxylic acid groups (broad SMARTS) is 1. The van der Waals surface area contributed by atoms with E-state index in [0.717, 1.165) is 6.26 Å². The van der Waals surface area contributed by atoms with Crippen LogP contribution in [0, 0.1) is 12.3 Å². The molecule has 1 aromatic rings. The molecule has 0 aromatic heterocycles. The summed E-state index contributed by atoms with van der Waals surface area (Å²) in [6, 6.07) is 4.78. The Morgan fingerprint density at radius 3 is 2.58 bits per heavy atom. The third kappa shape index (κ3) is 4.05. The second-order valence-electron chi connectivity index (χ2n) is 6.60. The van der Waals surface area contributed by atoms with E-state index in [4.69, 9.17) is 0 Å². The highest BCUT2D eigenvalue weighted by atomic mass is 32.2. The molecule has 2 N–H and O–H groups in total. The molecule has 2 rings (SSSR count). The van der Waals surface area contributed by atoms with Gasteiger partial charge in [-0.1, -0.05) is 6.07 Å². The zero-order valence-electron chi connectivity index (χ0n) is 14.0. The molecule has 0 aliphatic carbocycles. The Kier molecular flexibility index (Phi) is 4.89. The monoisotopic (exact) mass is 354 g/mol. The number of carbonyl (C=O) groups is 2. The molecule has 1 atom stereocenters. The third-order valence-corrected chi connectivity index (χ3v) is 4.87. The van der Waals surface area contributed by atoms with Crippen LogP contribution in [0.3, 0.4) is 0 Å². The molecule has 0 radical (unpaired) electrons. The van der Waals surface area contributed by atoms with Gasteiger partial charge in [0, 0.05) is 18.7 Å². The number of aliphatic carboxylic acids is 1. The number of nitrogens with zero attached hydrogens (tertiary/aromatic N) is 1. The van der Waals surface area contributed by atoms with E-state index in [9.17, 15) is 23.1 Å². The number of piperidine rings is 1. The van der Waals surface area contributed by atoms with Crippen LogP contribution in [0.2, 0.25) is 0 Å². The van der Waals surface area contributed by atoms with Crippen molar-refractivity contribution in [1.82, 2.24) is 4.90 Å². The number of amides is 1. The molecule has 24 heavy (non-hydrogen) atoms. The zero-order chi connectivity index (χ0) is 18.1. The molecule has 0 spiro atoms. The van der Waals surface area contributed by atoms with Crippen LogP contribution >= 0.6 is 0 Å². The van der Waals surface area contributed by atoms with Crippen LogP contribution in [0.25, 0.3) is 0 Å². The lowest BCUT2D eigenvalue weighted by molar-refractivity contribution is -0.150. The quantitative estimate of drug-likeness (QED) is 0.856. The Hall–Kier alpha value is -2.09. The van der Waals surface area contributed by atoms with E-state index < -0.39 is 21.4 Å². The summed E-state index contributed by atoms with van der Waals surface area (Å²) in [6.07, 6.45) is 2.19. The molecule has 7 nitrogen and oxygen atoms in total. The van der Waals surface area contributed by atoms with Crippen LogP contribution in [-0.2, 0) is 14.8 Å². The Bertz CT molecular complexity index is 775. The van der Waals surface area contributed by atoms with Crippen LogP contribution in [0.4, 0.5) is 5.69 Å². The first-order chi connectivity index (χ1) is 11.0. The number of nitrogens with one attached hydrogen (secondary N) is 1. The standard InChI is InChI=1S/C16H22N2O5S/c1-11-5-6-12(9-13(11)17-24(3,22)23)14(19)18-8-4-7-16(2,10-18)15(20)21/h5-6,9,17H,4,7-8,10H2,1-3H3,(H,20,21). The van der Waals surface area contributed by atoms with Gasteiger partial charge in [-0.25, -0.2) is 8.42 Å². The van der Waals surface area contributed by atoms with Gasteiger partial charge in [0.1, 0.15) is 0 Å². The molecule has 1 aromatic carbocycles. The summed E-state index contributed by atoms with van der Waals surface area (Å²) in [5.74, 6) is -1.21. The summed E-state index contributed by atoms with van der Waals surface area (Å²) >= 11 is 0. The average Bonchev–Trinajstić information content (AvgIpc) is 2.47. The predicted octanol–water partition coefficient (Wildman–Crippen LogP) is 1.69. The van der Waals surface area contributed by atoms with Gasteiger partial charge in [0.25, 0.3) is 5.91 Å². The maximum absolute atomic E-state index is 12.7. The smallest absolute Gasteiger partial charge is 0.311 e. The zero-order valence-corrected chi connectivity index (χ0v) is 14.8. The van der Waals surface area contributed by atoms with Gasteiger partial charge in [-0.2, -0.15) is 0 Å². The van der Waals surface area contributed by atoms with E-state index in [1.165, 1.54) is 11.0 Å². The topological polar surface area (TPSA) is 104 Å². The SMILES string of the molecule is Cc1ccc(C(=O)N2CCCC(C)(C(=O)O)C2)cc1NS(C)(=O)=O. The number of carbonyl (C=O) groups excluding carboxylic acids is 1. The molecule has 0 bridgehead atoms. The van der Waals surface area contributed by atoms with Gasteiger partial charge in [0.05, 0.1) is 17.4 Å². The van der Waals surface area contributed by atoms with Gasteiger partial charge in [-0.05, 0) is 44.4 Å². The molecule has 132 valence electrons. The summed E-state index contributed by atoms with van der Waals surface area (Å²) in [6.45, 7) is 4.01. The molecular formula is C16H22N2O5S. The minimum Gasteiger partial charge on any atom is -0.481 e.